The molecule has 0 saturated carbocycles. The molecule has 0 N–H and O–H groups in total. The van der Waals surface area contributed by atoms with E-state index in [2.05, 4.69) is 63.0 Å². The highest BCUT2D eigenvalue weighted by atomic mass is 79.9. The van der Waals surface area contributed by atoms with Crippen LogP contribution in [-0.4, -0.2) is 0 Å². The molecule has 100 valence electrons. The first-order valence-electron chi connectivity index (χ1n) is 6.27. The summed E-state index contributed by atoms with van der Waals surface area (Å²) in [7, 11) is 0. The van der Waals surface area contributed by atoms with Crippen molar-refractivity contribution < 1.29 is 4.39 Å². The highest BCUT2D eigenvalue weighted by molar-refractivity contribution is 9.10. The summed E-state index contributed by atoms with van der Waals surface area (Å²) >= 11 is 7.01. The molecule has 0 fully saturated rings. The van der Waals surface area contributed by atoms with Crippen LogP contribution < -0.4 is 0 Å². The topological polar surface area (TPSA) is 0 Å². The number of alkyl halides is 1. The highest BCUT2D eigenvalue weighted by Gasteiger charge is 2.21. The summed E-state index contributed by atoms with van der Waals surface area (Å²) in [6.07, 6.45) is 1.02. The molecule has 0 heterocycles. The van der Waals surface area contributed by atoms with Gasteiger partial charge in [0, 0.05) is 10.7 Å². The van der Waals surface area contributed by atoms with Crippen LogP contribution in [0.1, 0.15) is 35.2 Å². The van der Waals surface area contributed by atoms with Crippen LogP contribution in [0, 0.1) is 5.82 Å². The average Bonchev–Trinajstić information content (AvgIpc) is 2.44. The normalized spacial score (nSPS) is 14.1. The zero-order chi connectivity index (χ0) is 13.8. The highest BCUT2D eigenvalue weighted by Crippen LogP contribution is 2.40. The summed E-state index contributed by atoms with van der Waals surface area (Å²) in [5, 5.41) is 0. The maximum Gasteiger partial charge on any atom is 0.137 e. The second kappa shape index (κ2) is 6.67. The number of halogens is 3. The fourth-order valence-electron chi connectivity index (χ4n) is 2.23. The fourth-order valence-corrected chi connectivity index (χ4v) is 3.59. The predicted molar refractivity (Wildman–Crippen MR) is 85.2 cm³/mol. The van der Waals surface area contributed by atoms with Crippen LogP contribution in [0.4, 0.5) is 4.39 Å². The third kappa shape index (κ3) is 3.46. The van der Waals surface area contributed by atoms with Crippen LogP contribution in [0.5, 0.6) is 0 Å². The Morgan fingerprint density at radius 3 is 2.32 bits per heavy atom. The van der Waals surface area contributed by atoms with Crippen molar-refractivity contribution in [2.75, 3.05) is 0 Å². The minimum atomic E-state index is -0.226. The molecule has 0 radical (unpaired) electrons. The average molecular weight is 386 g/mol. The Morgan fingerprint density at radius 1 is 1.05 bits per heavy atom. The van der Waals surface area contributed by atoms with Gasteiger partial charge in [-0.1, -0.05) is 59.3 Å². The first kappa shape index (κ1) is 14.7. The third-order valence-electron chi connectivity index (χ3n) is 3.28. The van der Waals surface area contributed by atoms with Crippen molar-refractivity contribution >= 4 is 31.9 Å². The monoisotopic (exact) mass is 384 g/mol. The van der Waals surface area contributed by atoms with E-state index in [0.717, 1.165) is 12.0 Å². The number of rotatable bonds is 4. The SMILES string of the molecule is CCC(c1ccccc1)C(Br)c1ccc(F)c(Br)c1. The van der Waals surface area contributed by atoms with Crippen LogP contribution in [0.3, 0.4) is 0 Å². The number of hydrogen-bond donors (Lipinski definition) is 0. The maximum atomic E-state index is 13.3. The molecule has 0 aliphatic heterocycles. The van der Waals surface area contributed by atoms with Gasteiger partial charge in [-0.3, -0.25) is 0 Å². The lowest BCUT2D eigenvalue weighted by atomic mass is 9.90. The fraction of sp³-hybridized carbons (Fsp3) is 0.250. The second-order valence-electron chi connectivity index (χ2n) is 4.50. The second-order valence-corrected chi connectivity index (χ2v) is 6.34. The van der Waals surface area contributed by atoms with Gasteiger partial charge in [-0.2, -0.15) is 0 Å². The Labute approximate surface area is 130 Å². The van der Waals surface area contributed by atoms with E-state index in [9.17, 15) is 4.39 Å². The minimum Gasteiger partial charge on any atom is -0.206 e. The first-order chi connectivity index (χ1) is 9.13. The lowest BCUT2D eigenvalue weighted by Gasteiger charge is -2.22. The molecule has 0 aliphatic rings. The third-order valence-corrected chi connectivity index (χ3v) is 5.06. The van der Waals surface area contributed by atoms with Gasteiger partial charge in [-0.15, -0.1) is 0 Å². The van der Waals surface area contributed by atoms with E-state index >= 15 is 0 Å². The van der Waals surface area contributed by atoms with Crippen molar-refractivity contribution in [1.82, 2.24) is 0 Å². The van der Waals surface area contributed by atoms with E-state index < -0.39 is 0 Å². The Hall–Kier alpha value is -0.670. The molecule has 0 amide bonds. The molecule has 2 atom stereocenters. The minimum absolute atomic E-state index is 0.178. The van der Waals surface area contributed by atoms with Crippen molar-refractivity contribution in [3.05, 3.63) is 69.9 Å². The molecule has 3 heteroatoms. The zero-order valence-electron chi connectivity index (χ0n) is 10.6. The molecule has 2 aromatic carbocycles. The summed E-state index contributed by atoms with van der Waals surface area (Å²) in [5.41, 5.74) is 2.39. The molecular formula is C16H15Br2F. The molecule has 2 unspecified atom stereocenters. The standard InChI is InChI=1S/C16H15Br2F/c1-2-13(11-6-4-3-5-7-11)16(18)12-8-9-15(19)14(17)10-12/h3-10,13,16H,2H2,1H3. The Morgan fingerprint density at radius 2 is 1.74 bits per heavy atom. The smallest absolute Gasteiger partial charge is 0.137 e. The van der Waals surface area contributed by atoms with E-state index in [1.807, 2.05) is 18.2 Å². The summed E-state index contributed by atoms with van der Waals surface area (Å²) < 4.78 is 13.8. The zero-order valence-corrected chi connectivity index (χ0v) is 13.8. The van der Waals surface area contributed by atoms with Gasteiger partial charge in [0.2, 0.25) is 0 Å². The van der Waals surface area contributed by atoms with Gasteiger partial charge in [0.15, 0.2) is 0 Å². The number of benzene rings is 2. The van der Waals surface area contributed by atoms with Gasteiger partial charge in [0.1, 0.15) is 5.82 Å². The molecule has 0 aromatic heterocycles. The summed E-state index contributed by atoms with van der Waals surface area (Å²) in [4.78, 5) is 0.178. The molecule has 2 aromatic rings. The van der Waals surface area contributed by atoms with E-state index in [1.165, 1.54) is 11.6 Å². The van der Waals surface area contributed by atoms with Gasteiger partial charge >= 0.3 is 0 Å². The maximum absolute atomic E-state index is 13.3. The number of hydrogen-bond acceptors (Lipinski definition) is 0. The van der Waals surface area contributed by atoms with Crippen LogP contribution in [-0.2, 0) is 0 Å². The molecular weight excluding hydrogens is 371 g/mol. The largest absolute Gasteiger partial charge is 0.206 e. The molecule has 2 rings (SSSR count). The first-order valence-corrected chi connectivity index (χ1v) is 7.98. The molecule has 0 saturated heterocycles. The van der Waals surface area contributed by atoms with Gasteiger partial charge in [0.05, 0.1) is 4.47 Å². The van der Waals surface area contributed by atoms with Crippen molar-refractivity contribution in [3.63, 3.8) is 0 Å². The van der Waals surface area contributed by atoms with Crippen molar-refractivity contribution in [3.8, 4) is 0 Å². The molecule has 19 heavy (non-hydrogen) atoms. The van der Waals surface area contributed by atoms with E-state index in [1.54, 1.807) is 0 Å². The van der Waals surface area contributed by atoms with Crippen molar-refractivity contribution in [2.45, 2.75) is 24.1 Å². The lowest BCUT2D eigenvalue weighted by molar-refractivity contribution is 0.616. The molecule has 0 nitrogen and oxygen atoms in total. The Kier molecular flexibility index (Phi) is 5.17. The van der Waals surface area contributed by atoms with E-state index in [-0.39, 0.29) is 10.6 Å². The molecule has 0 spiro atoms. The Balaban J connectivity index is 2.30. The summed E-state index contributed by atoms with van der Waals surface area (Å²) in [6.45, 7) is 2.17. The quantitative estimate of drug-likeness (QED) is 0.548. The summed E-state index contributed by atoms with van der Waals surface area (Å²) in [6, 6.07) is 15.6. The summed E-state index contributed by atoms with van der Waals surface area (Å²) in [5.74, 6) is 0.148. The van der Waals surface area contributed by atoms with Gasteiger partial charge in [-0.25, -0.2) is 4.39 Å². The molecule has 0 aliphatic carbocycles. The van der Waals surface area contributed by atoms with Gasteiger partial charge in [0.25, 0.3) is 0 Å². The van der Waals surface area contributed by atoms with Crippen LogP contribution in [0.25, 0.3) is 0 Å². The van der Waals surface area contributed by atoms with E-state index in [4.69, 9.17) is 0 Å². The van der Waals surface area contributed by atoms with Gasteiger partial charge in [-0.05, 0) is 45.6 Å². The van der Waals surface area contributed by atoms with Crippen molar-refractivity contribution in [1.29, 1.82) is 0 Å². The van der Waals surface area contributed by atoms with Crippen LogP contribution in [0.15, 0.2) is 53.0 Å². The van der Waals surface area contributed by atoms with Gasteiger partial charge < -0.3 is 0 Å². The van der Waals surface area contributed by atoms with Crippen LogP contribution in [0.2, 0.25) is 0 Å². The predicted octanol–water partition coefficient (Wildman–Crippen LogP) is 6.22. The lowest BCUT2D eigenvalue weighted by Crippen LogP contribution is -2.05. The van der Waals surface area contributed by atoms with Crippen LogP contribution >= 0.6 is 31.9 Å². The molecule has 0 bridgehead atoms. The van der Waals surface area contributed by atoms with Crippen molar-refractivity contribution in [2.24, 2.45) is 0 Å². The van der Waals surface area contributed by atoms with E-state index in [0.29, 0.717) is 10.4 Å². The Bertz CT molecular complexity index is 540.